The van der Waals surface area contributed by atoms with E-state index in [9.17, 15) is 17.6 Å². The van der Waals surface area contributed by atoms with Crippen molar-refractivity contribution in [3.8, 4) is 5.75 Å². The molecule has 2 N–H and O–H groups in total. The summed E-state index contributed by atoms with van der Waals surface area (Å²) in [6.07, 6.45) is -4.73. The average Bonchev–Trinajstić information content (AvgIpc) is 2.40. The summed E-state index contributed by atoms with van der Waals surface area (Å²) in [4.78, 5) is 0. The number of rotatable bonds is 3. The molecule has 0 aliphatic carbocycles. The van der Waals surface area contributed by atoms with Gasteiger partial charge in [-0.2, -0.15) is 0 Å². The molecule has 7 heteroatoms. The number of halogens is 5. The highest BCUT2D eigenvalue weighted by Crippen LogP contribution is 2.27. The summed E-state index contributed by atoms with van der Waals surface area (Å²) in [7, 11) is 0. The second-order valence-electron chi connectivity index (χ2n) is 4.27. The highest BCUT2D eigenvalue weighted by atomic mass is 79.9. The summed E-state index contributed by atoms with van der Waals surface area (Å²) in [5, 5.41) is 0. The van der Waals surface area contributed by atoms with E-state index < -0.39 is 18.2 Å². The Morgan fingerprint density at radius 3 is 2.10 bits per heavy atom. The first-order chi connectivity index (χ1) is 9.76. The normalized spacial score (nSPS) is 13.0. The minimum Gasteiger partial charge on any atom is -0.406 e. The van der Waals surface area contributed by atoms with Gasteiger partial charge in [0.2, 0.25) is 0 Å². The van der Waals surface area contributed by atoms with Gasteiger partial charge in [0.15, 0.2) is 0 Å². The molecular weight excluding hydrogens is 354 g/mol. The average molecular weight is 364 g/mol. The molecule has 21 heavy (non-hydrogen) atoms. The summed E-state index contributed by atoms with van der Waals surface area (Å²) in [6.45, 7) is 0. The second kappa shape index (κ2) is 6.03. The van der Waals surface area contributed by atoms with Crippen molar-refractivity contribution in [3.05, 3.63) is 63.9 Å². The van der Waals surface area contributed by atoms with Crippen LogP contribution in [0.1, 0.15) is 17.2 Å². The molecule has 1 atom stereocenters. The molecule has 2 aromatic carbocycles. The van der Waals surface area contributed by atoms with E-state index >= 15 is 0 Å². The monoisotopic (exact) mass is 363 g/mol. The van der Waals surface area contributed by atoms with Crippen molar-refractivity contribution >= 4 is 15.9 Å². The van der Waals surface area contributed by atoms with Gasteiger partial charge in [-0.15, -0.1) is 13.2 Å². The third-order valence-corrected chi connectivity index (χ3v) is 3.38. The largest absolute Gasteiger partial charge is 0.573 e. The third-order valence-electron chi connectivity index (χ3n) is 2.78. The molecule has 0 bridgehead atoms. The van der Waals surface area contributed by atoms with Crippen LogP contribution in [0.2, 0.25) is 0 Å². The van der Waals surface area contributed by atoms with Crippen molar-refractivity contribution in [2.75, 3.05) is 0 Å². The van der Waals surface area contributed by atoms with E-state index in [2.05, 4.69) is 20.7 Å². The summed E-state index contributed by atoms with van der Waals surface area (Å²) in [5.74, 6) is -0.737. The van der Waals surface area contributed by atoms with Crippen LogP contribution in [0, 0.1) is 5.82 Å². The van der Waals surface area contributed by atoms with Crippen molar-refractivity contribution in [2.24, 2.45) is 5.73 Å². The van der Waals surface area contributed by atoms with Crippen LogP contribution in [0.4, 0.5) is 17.6 Å². The third kappa shape index (κ3) is 4.18. The molecule has 0 aliphatic rings. The fraction of sp³-hybridized carbons (Fsp3) is 0.143. The molecule has 0 amide bonds. The lowest BCUT2D eigenvalue weighted by atomic mass is 9.99. The van der Waals surface area contributed by atoms with Gasteiger partial charge in [0.05, 0.1) is 10.5 Å². The Labute approximate surface area is 126 Å². The molecule has 0 saturated carbocycles. The van der Waals surface area contributed by atoms with Gasteiger partial charge in [-0.3, -0.25) is 0 Å². The molecule has 0 radical (unpaired) electrons. The molecule has 0 spiro atoms. The molecule has 2 nitrogen and oxygen atoms in total. The topological polar surface area (TPSA) is 35.2 Å². The number of benzene rings is 2. The second-order valence-corrected chi connectivity index (χ2v) is 5.12. The van der Waals surface area contributed by atoms with Crippen molar-refractivity contribution < 1.29 is 22.3 Å². The fourth-order valence-electron chi connectivity index (χ4n) is 1.78. The Hall–Kier alpha value is -1.60. The molecule has 2 aromatic rings. The molecule has 2 rings (SSSR count). The zero-order valence-corrected chi connectivity index (χ0v) is 12.1. The molecule has 0 aromatic heterocycles. The maximum absolute atomic E-state index is 13.2. The predicted molar refractivity (Wildman–Crippen MR) is 73.3 cm³/mol. The first-order valence-corrected chi connectivity index (χ1v) is 6.62. The van der Waals surface area contributed by atoms with Crippen LogP contribution in [0.3, 0.4) is 0 Å². The van der Waals surface area contributed by atoms with E-state index in [0.29, 0.717) is 11.1 Å². The number of nitrogens with two attached hydrogens (primary N) is 1. The molecule has 112 valence electrons. The molecular formula is C14H10BrF4NO. The Bertz CT molecular complexity index is 628. The van der Waals surface area contributed by atoms with E-state index in [1.165, 1.54) is 42.5 Å². The van der Waals surface area contributed by atoms with Crippen LogP contribution in [0.25, 0.3) is 0 Å². The van der Waals surface area contributed by atoms with Crippen molar-refractivity contribution in [1.82, 2.24) is 0 Å². The minimum absolute atomic E-state index is 0.271. The molecule has 0 saturated heterocycles. The molecule has 0 fully saturated rings. The quantitative estimate of drug-likeness (QED) is 0.812. The first-order valence-electron chi connectivity index (χ1n) is 5.82. The van der Waals surface area contributed by atoms with Gasteiger partial charge in [-0.25, -0.2) is 4.39 Å². The Kier molecular flexibility index (Phi) is 4.53. The van der Waals surface area contributed by atoms with E-state index in [1.54, 1.807) is 0 Å². The predicted octanol–water partition coefficient (Wildman–Crippen LogP) is 4.53. The van der Waals surface area contributed by atoms with E-state index in [4.69, 9.17) is 5.73 Å². The van der Waals surface area contributed by atoms with Gasteiger partial charge in [-0.1, -0.05) is 18.2 Å². The lowest BCUT2D eigenvalue weighted by Gasteiger charge is -2.14. The summed E-state index contributed by atoms with van der Waals surface area (Å²) >= 11 is 3.06. The van der Waals surface area contributed by atoms with Crippen LogP contribution in [-0.4, -0.2) is 6.36 Å². The van der Waals surface area contributed by atoms with Gasteiger partial charge >= 0.3 is 6.36 Å². The van der Waals surface area contributed by atoms with Crippen molar-refractivity contribution in [3.63, 3.8) is 0 Å². The van der Waals surface area contributed by atoms with Crippen molar-refractivity contribution in [1.29, 1.82) is 0 Å². The van der Waals surface area contributed by atoms with Crippen LogP contribution in [-0.2, 0) is 0 Å². The van der Waals surface area contributed by atoms with Crippen molar-refractivity contribution in [2.45, 2.75) is 12.4 Å². The molecule has 0 aliphatic heterocycles. The molecule has 0 heterocycles. The van der Waals surface area contributed by atoms with Gasteiger partial charge in [0.25, 0.3) is 0 Å². The van der Waals surface area contributed by atoms with Crippen LogP contribution >= 0.6 is 15.9 Å². The standard InChI is InChI=1S/C14H10BrF4NO/c15-11-7-9(3-6-12(11)16)13(20)8-1-4-10(5-2-8)21-14(17,18)19/h1-7,13H,20H2/t13-/m1/s1. The van der Waals surface area contributed by atoms with Gasteiger partial charge < -0.3 is 10.5 Å². The zero-order valence-electron chi connectivity index (χ0n) is 10.5. The fourth-order valence-corrected chi connectivity index (χ4v) is 2.17. The van der Waals surface area contributed by atoms with Crippen LogP contribution in [0.15, 0.2) is 46.9 Å². The van der Waals surface area contributed by atoms with Gasteiger partial charge in [-0.05, 0) is 51.3 Å². The summed E-state index contributed by atoms with van der Waals surface area (Å²) in [5.41, 5.74) is 7.22. The highest BCUT2D eigenvalue weighted by Gasteiger charge is 2.31. The van der Waals surface area contributed by atoms with E-state index in [1.807, 2.05) is 0 Å². The van der Waals surface area contributed by atoms with Crippen LogP contribution in [0.5, 0.6) is 5.75 Å². The number of alkyl halides is 3. The smallest absolute Gasteiger partial charge is 0.406 e. The maximum Gasteiger partial charge on any atom is 0.573 e. The summed E-state index contributed by atoms with van der Waals surface area (Å²) in [6, 6.07) is 8.96. The Morgan fingerprint density at radius 2 is 1.57 bits per heavy atom. The highest BCUT2D eigenvalue weighted by molar-refractivity contribution is 9.10. The van der Waals surface area contributed by atoms with Crippen LogP contribution < -0.4 is 10.5 Å². The lowest BCUT2D eigenvalue weighted by Crippen LogP contribution is -2.17. The van der Waals surface area contributed by atoms with Gasteiger partial charge in [0, 0.05) is 0 Å². The zero-order chi connectivity index (χ0) is 15.6. The number of hydrogen-bond donors (Lipinski definition) is 1. The lowest BCUT2D eigenvalue weighted by molar-refractivity contribution is -0.274. The maximum atomic E-state index is 13.2. The summed E-state index contributed by atoms with van der Waals surface area (Å²) < 4.78 is 53.4. The number of ether oxygens (including phenoxy) is 1. The van der Waals surface area contributed by atoms with Gasteiger partial charge in [0.1, 0.15) is 11.6 Å². The Morgan fingerprint density at radius 1 is 1.00 bits per heavy atom. The Balaban J connectivity index is 2.19. The van der Waals surface area contributed by atoms with E-state index in [0.717, 1.165) is 0 Å². The minimum atomic E-state index is -4.73. The first kappa shape index (κ1) is 15.8. The van der Waals surface area contributed by atoms with E-state index in [-0.39, 0.29) is 10.2 Å². The number of hydrogen-bond acceptors (Lipinski definition) is 2. The molecule has 0 unspecified atom stereocenters. The SMILES string of the molecule is N[C@H](c1ccc(OC(F)(F)F)cc1)c1ccc(F)c(Br)c1.